The highest BCUT2D eigenvalue weighted by Crippen LogP contribution is 2.65. The Morgan fingerprint density at radius 3 is 2.43 bits per heavy atom. The summed E-state index contributed by atoms with van der Waals surface area (Å²) in [5.74, 6) is 0.212. The first-order valence-electron chi connectivity index (χ1n) is 7.21. The Morgan fingerprint density at radius 1 is 1.05 bits per heavy atom. The third-order valence-electron chi connectivity index (χ3n) is 4.83. The largest absolute Gasteiger partial charge is 0.269 e. The quantitative estimate of drug-likeness (QED) is 0.854. The Morgan fingerprint density at radius 2 is 1.71 bits per heavy atom. The van der Waals surface area contributed by atoms with Crippen LogP contribution in [-0.2, 0) is 14.8 Å². The summed E-state index contributed by atoms with van der Waals surface area (Å²) in [6.07, 6.45) is 0.753. The van der Waals surface area contributed by atoms with Crippen LogP contribution in [0.3, 0.4) is 0 Å². The summed E-state index contributed by atoms with van der Waals surface area (Å²) in [4.78, 5) is 0. The van der Waals surface area contributed by atoms with Crippen LogP contribution in [-0.4, -0.2) is 15.0 Å². The van der Waals surface area contributed by atoms with E-state index in [1.165, 1.54) is 0 Å². The Bertz CT molecular complexity index is 801. The minimum absolute atomic E-state index is 0.212. The molecule has 2 aliphatic rings. The standard InChI is InChI=1S/C17H17NO2S/c1-13-7-5-6-10-16(13)17-11-14(17)12-18(21(17,19)20)15-8-3-2-4-9-15/h2-10,14H,11-12H2,1H3. The molecule has 2 aromatic rings. The van der Waals surface area contributed by atoms with E-state index >= 15 is 0 Å². The minimum Gasteiger partial charge on any atom is -0.269 e. The highest BCUT2D eigenvalue weighted by Gasteiger charge is 2.72. The maximum Gasteiger partial charge on any atom is 0.245 e. The number of aryl methyl sites for hydroxylation is 1. The van der Waals surface area contributed by atoms with Crippen LogP contribution < -0.4 is 4.31 Å². The number of nitrogens with zero attached hydrogens (tertiary/aromatic N) is 1. The van der Waals surface area contributed by atoms with Crippen molar-refractivity contribution in [2.45, 2.75) is 18.1 Å². The van der Waals surface area contributed by atoms with E-state index in [2.05, 4.69) is 0 Å². The minimum atomic E-state index is -3.35. The van der Waals surface area contributed by atoms with Crippen LogP contribution in [0.5, 0.6) is 0 Å². The second-order valence-corrected chi connectivity index (χ2v) is 8.10. The van der Waals surface area contributed by atoms with Gasteiger partial charge < -0.3 is 0 Å². The fourth-order valence-electron chi connectivity index (χ4n) is 3.68. The zero-order valence-electron chi connectivity index (χ0n) is 11.9. The highest BCUT2D eigenvalue weighted by atomic mass is 32.2. The van der Waals surface area contributed by atoms with Gasteiger partial charge in [0.2, 0.25) is 10.0 Å². The third-order valence-corrected chi connectivity index (χ3v) is 7.41. The molecule has 2 atom stereocenters. The Balaban J connectivity index is 1.84. The maximum absolute atomic E-state index is 13.1. The average molecular weight is 299 g/mol. The van der Waals surface area contributed by atoms with Crippen LogP contribution in [0.1, 0.15) is 17.5 Å². The maximum atomic E-state index is 13.1. The average Bonchev–Trinajstić information content (AvgIpc) is 3.17. The van der Waals surface area contributed by atoms with Crippen molar-refractivity contribution in [3.8, 4) is 0 Å². The molecule has 0 amide bonds. The summed E-state index contributed by atoms with van der Waals surface area (Å²) in [6.45, 7) is 2.60. The van der Waals surface area contributed by atoms with Crippen molar-refractivity contribution in [2.75, 3.05) is 10.8 Å². The molecule has 1 heterocycles. The topological polar surface area (TPSA) is 37.4 Å². The van der Waals surface area contributed by atoms with Crippen molar-refractivity contribution in [1.82, 2.24) is 0 Å². The highest BCUT2D eigenvalue weighted by molar-refractivity contribution is 7.94. The van der Waals surface area contributed by atoms with E-state index in [1.807, 2.05) is 61.5 Å². The third kappa shape index (κ3) is 1.57. The van der Waals surface area contributed by atoms with Crippen LogP contribution in [0.2, 0.25) is 0 Å². The lowest BCUT2D eigenvalue weighted by atomic mass is 10.0. The van der Waals surface area contributed by atoms with Gasteiger partial charge in [-0.3, -0.25) is 4.31 Å². The lowest BCUT2D eigenvalue weighted by molar-refractivity contribution is 0.582. The van der Waals surface area contributed by atoms with E-state index in [1.54, 1.807) is 4.31 Å². The Kier molecular flexibility index (Phi) is 2.52. The molecule has 1 aliphatic heterocycles. The number of hydrogen-bond donors (Lipinski definition) is 0. The van der Waals surface area contributed by atoms with Crippen LogP contribution in [0.25, 0.3) is 0 Å². The van der Waals surface area contributed by atoms with Crippen LogP contribution in [0, 0.1) is 12.8 Å². The van der Waals surface area contributed by atoms with Gasteiger partial charge in [-0.1, -0.05) is 42.5 Å². The van der Waals surface area contributed by atoms with Gasteiger partial charge in [-0.25, -0.2) is 8.42 Å². The summed E-state index contributed by atoms with van der Waals surface area (Å²) in [6, 6.07) is 17.3. The molecular weight excluding hydrogens is 282 g/mol. The van der Waals surface area contributed by atoms with Gasteiger partial charge in [0.25, 0.3) is 0 Å². The summed E-state index contributed by atoms with van der Waals surface area (Å²) < 4.78 is 27.2. The van der Waals surface area contributed by atoms with Crippen molar-refractivity contribution < 1.29 is 8.42 Å². The Labute approximate surface area is 125 Å². The first-order valence-corrected chi connectivity index (χ1v) is 8.65. The summed E-state index contributed by atoms with van der Waals surface area (Å²) >= 11 is 0. The molecule has 2 aromatic carbocycles. The predicted octanol–water partition coefficient (Wildman–Crippen LogP) is 3.06. The number of rotatable bonds is 2. The number of anilines is 1. The summed E-state index contributed by atoms with van der Waals surface area (Å²) in [5, 5.41) is 0. The van der Waals surface area contributed by atoms with E-state index in [9.17, 15) is 8.42 Å². The molecule has 4 heteroatoms. The molecule has 4 rings (SSSR count). The molecular formula is C17H17NO2S. The van der Waals surface area contributed by atoms with Crippen LogP contribution in [0.4, 0.5) is 5.69 Å². The van der Waals surface area contributed by atoms with Crippen molar-refractivity contribution in [3.63, 3.8) is 0 Å². The van der Waals surface area contributed by atoms with Crippen LogP contribution >= 0.6 is 0 Å². The number of fused-ring (bicyclic) bond motifs is 1. The van der Waals surface area contributed by atoms with Crippen molar-refractivity contribution in [1.29, 1.82) is 0 Å². The normalized spacial score (nSPS) is 29.2. The van der Waals surface area contributed by atoms with Gasteiger partial charge in [-0.05, 0) is 36.6 Å². The summed E-state index contributed by atoms with van der Waals surface area (Å²) in [5.41, 5.74) is 2.82. The Hall–Kier alpha value is -1.81. The van der Waals surface area contributed by atoms with Gasteiger partial charge >= 0.3 is 0 Å². The van der Waals surface area contributed by atoms with Gasteiger partial charge in [0.15, 0.2) is 0 Å². The first-order chi connectivity index (χ1) is 10.1. The molecule has 0 aromatic heterocycles. The molecule has 0 radical (unpaired) electrons. The van der Waals surface area contributed by atoms with Crippen LogP contribution in [0.15, 0.2) is 54.6 Å². The monoisotopic (exact) mass is 299 g/mol. The number of para-hydroxylation sites is 1. The van der Waals surface area contributed by atoms with E-state index in [0.29, 0.717) is 6.54 Å². The summed E-state index contributed by atoms with van der Waals surface area (Å²) in [7, 11) is -3.35. The van der Waals surface area contributed by atoms with E-state index in [0.717, 1.165) is 23.2 Å². The molecule has 2 unspecified atom stereocenters. The van der Waals surface area contributed by atoms with Gasteiger partial charge in [0.1, 0.15) is 4.75 Å². The lowest BCUT2D eigenvalue weighted by Crippen LogP contribution is -2.33. The fraction of sp³-hybridized carbons (Fsp3) is 0.294. The zero-order valence-corrected chi connectivity index (χ0v) is 12.7. The van der Waals surface area contributed by atoms with Gasteiger partial charge in [0, 0.05) is 12.5 Å². The molecule has 1 saturated carbocycles. The molecule has 0 spiro atoms. The molecule has 3 nitrogen and oxygen atoms in total. The molecule has 2 fully saturated rings. The SMILES string of the molecule is Cc1ccccc1C12CC1CN(c1ccccc1)S2(=O)=O. The molecule has 1 aliphatic carbocycles. The van der Waals surface area contributed by atoms with Crippen molar-refractivity contribution in [3.05, 3.63) is 65.7 Å². The number of sulfonamides is 1. The van der Waals surface area contributed by atoms with Crippen molar-refractivity contribution in [2.24, 2.45) is 5.92 Å². The molecule has 0 N–H and O–H groups in total. The van der Waals surface area contributed by atoms with E-state index < -0.39 is 14.8 Å². The zero-order chi connectivity index (χ0) is 14.7. The number of benzene rings is 2. The first kappa shape index (κ1) is 12.9. The lowest BCUT2D eigenvalue weighted by Gasteiger charge is -2.24. The van der Waals surface area contributed by atoms with Gasteiger partial charge in [0.05, 0.1) is 5.69 Å². The number of hydrogen-bond acceptors (Lipinski definition) is 2. The van der Waals surface area contributed by atoms with E-state index in [-0.39, 0.29) is 5.92 Å². The second-order valence-electron chi connectivity index (χ2n) is 5.98. The van der Waals surface area contributed by atoms with Gasteiger partial charge in [-0.2, -0.15) is 0 Å². The predicted molar refractivity (Wildman–Crippen MR) is 83.7 cm³/mol. The molecule has 21 heavy (non-hydrogen) atoms. The van der Waals surface area contributed by atoms with E-state index in [4.69, 9.17) is 0 Å². The van der Waals surface area contributed by atoms with Crippen molar-refractivity contribution >= 4 is 15.7 Å². The van der Waals surface area contributed by atoms with Gasteiger partial charge in [-0.15, -0.1) is 0 Å². The second kappa shape index (κ2) is 4.10. The molecule has 0 bridgehead atoms. The fourth-order valence-corrected chi connectivity index (χ4v) is 6.27. The smallest absolute Gasteiger partial charge is 0.245 e. The molecule has 1 saturated heterocycles. The molecule has 108 valence electrons.